The third kappa shape index (κ3) is 7.51. The average molecular weight is 603 g/mol. The fourth-order valence-electron chi connectivity index (χ4n) is 3.39. The topological polar surface area (TPSA) is 246 Å². The average Bonchev–Trinajstić information content (AvgIpc) is 3.41. The molecule has 4 aromatic rings. The predicted molar refractivity (Wildman–Crippen MR) is 146 cm³/mol. The number of nitrogens with zero attached hydrogens (tertiary/aromatic N) is 1. The van der Waals surface area contributed by atoms with Crippen LogP contribution in [0.1, 0.15) is 31.3 Å². The van der Waals surface area contributed by atoms with E-state index in [0.29, 0.717) is 35.4 Å². The van der Waals surface area contributed by atoms with Gasteiger partial charge in [0.2, 0.25) is 17.1 Å². The van der Waals surface area contributed by atoms with Crippen LogP contribution in [0.5, 0.6) is 46.0 Å². The molecule has 16 nitrogen and oxygen atoms in total. The van der Waals surface area contributed by atoms with Crippen molar-refractivity contribution in [3.8, 4) is 46.0 Å². The Labute approximate surface area is 241 Å². The minimum absolute atomic E-state index is 0.0180. The molecule has 0 aliphatic rings. The molecule has 16 heteroatoms. The van der Waals surface area contributed by atoms with E-state index in [1.54, 1.807) is 12.1 Å². The van der Waals surface area contributed by atoms with E-state index in [0.717, 1.165) is 18.2 Å². The Hall–Kier alpha value is -6.19. The number of ether oxygens (including phenoxy) is 4. The number of benzene rings is 3. The highest BCUT2D eigenvalue weighted by atomic mass is 16.6. The van der Waals surface area contributed by atoms with Crippen molar-refractivity contribution >= 4 is 35.2 Å². The van der Waals surface area contributed by atoms with E-state index >= 15 is 0 Å². The van der Waals surface area contributed by atoms with E-state index in [4.69, 9.17) is 38.7 Å². The van der Waals surface area contributed by atoms with Gasteiger partial charge in [-0.05, 0) is 24.3 Å². The lowest BCUT2D eigenvalue weighted by molar-refractivity contribution is -0.384. The molecule has 5 N–H and O–H groups in total. The van der Waals surface area contributed by atoms with Crippen molar-refractivity contribution in [3.63, 3.8) is 0 Å². The molecule has 228 valence electrons. The van der Waals surface area contributed by atoms with Gasteiger partial charge in [-0.15, -0.1) is 0 Å². The first-order valence-electron chi connectivity index (χ1n) is 11.5. The molecule has 0 fully saturated rings. The Morgan fingerprint density at radius 1 is 0.744 bits per heavy atom. The van der Waals surface area contributed by atoms with Crippen LogP contribution in [-0.4, -0.2) is 77.4 Å². The Morgan fingerprint density at radius 3 is 1.77 bits per heavy atom. The van der Waals surface area contributed by atoms with Crippen molar-refractivity contribution in [1.82, 2.24) is 0 Å². The number of carboxylic acids is 1. The fraction of sp³-hybridized carbons (Fsp3) is 0.148. The number of aromatic carboxylic acids is 1. The van der Waals surface area contributed by atoms with Gasteiger partial charge in [0.1, 0.15) is 11.5 Å². The van der Waals surface area contributed by atoms with Gasteiger partial charge in [-0.2, -0.15) is 0 Å². The summed E-state index contributed by atoms with van der Waals surface area (Å²) in [6, 6.07) is 7.50. The molecule has 4 rings (SSSR count). The molecule has 43 heavy (non-hydrogen) atoms. The van der Waals surface area contributed by atoms with E-state index in [9.17, 15) is 34.7 Å². The van der Waals surface area contributed by atoms with Crippen LogP contribution in [0.4, 0.5) is 5.69 Å². The second kappa shape index (κ2) is 14.4. The van der Waals surface area contributed by atoms with Crippen molar-refractivity contribution in [1.29, 1.82) is 0 Å². The number of hydrogen-bond acceptors (Lipinski definition) is 14. The third-order valence-electron chi connectivity index (χ3n) is 5.45. The van der Waals surface area contributed by atoms with Crippen LogP contribution in [0.15, 0.2) is 40.8 Å². The lowest BCUT2D eigenvalue weighted by atomic mass is 10.2. The van der Waals surface area contributed by atoms with Crippen LogP contribution in [0.25, 0.3) is 11.0 Å². The van der Waals surface area contributed by atoms with Crippen molar-refractivity contribution in [2.75, 3.05) is 28.4 Å². The zero-order chi connectivity index (χ0) is 32.4. The van der Waals surface area contributed by atoms with Crippen LogP contribution >= 0.6 is 0 Å². The first-order valence-corrected chi connectivity index (χ1v) is 11.5. The molecule has 0 saturated carbocycles. The summed E-state index contributed by atoms with van der Waals surface area (Å²) < 4.78 is 24.6. The first kappa shape index (κ1) is 33.0. The number of carbonyl (C=O) groups excluding carboxylic acids is 2. The molecule has 0 aliphatic carbocycles. The zero-order valence-corrected chi connectivity index (χ0v) is 22.9. The van der Waals surface area contributed by atoms with Gasteiger partial charge in [-0.1, -0.05) is 0 Å². The maximum absolute atomic E-state index is 10.7. The number of nitro groups is 1. The van der Waals surface area contributed by atoms with Gasteiger partial charge in [0.05, 0.1) is 44.5 Å². The molecule has 0 amide bonds. The van der Waals surface area contributed by atoms with Gasteiger partial charge in [-0.25, -0.2) is 4.79 Å². The number of aromatic hydroxyl groups is 4. The second-order valence-corrected chi connectivity index (χ2v) is 7.95. The number of methoxy groups -OCH3 is 4. The number of fused-ring (bicyclic) bond motifs is 1. The SMILES string of the molecule is COc1cc(C=O)c(O)cc1O.COc1cc(OC)c(OC)cc1C=O.O=C(O)c1cc2cc(O)c(O)c([N+](=O)[O-])c2o1. The number of nitro benzene ring substituents is 1. The van der Waals surface area contributed by atoms with E-state index in [1.165, 1.54) is 34.5 Å². The highest BCUT2D eigenvalue weighted by Crippen LogP contribution is 2.42. The number of aldehydes is 2. The highest BCUT2D eigenvalue weighted by Gasteiger charge is 2.27. The van der Waals surface area contributed by atoms with Crippen LogP contribution in [0.2, 0.25) is 0 Å². The van der Waals surface area contributed by atoms with E-state index in [1.807, 2.05) is 0 Å². The van der Waals surface area contributed by atoms with E-state index in [2.05, 4.69) is 0 Å². The first-order chi connectivity index (χ1) is 20.4. The zero-order valence-electron chi connectivity index (χ0n) is 22.9. The van der Waals surface area contributed by atoms with Crippen LogP contribution < -0.4 is 18.9 Å². The second-order valence-electron chi connectivity index (χ2n) is 7.95. The van der Waals surface area contributed by atoms with Gasteiger partial charge < -0.3 is 48.9 Å². The molecule has 0 aliphatic heterocycles. The summed E-state index contributed by atoms with van der Waals surface area (Å²) >= 11 is 0. The van der Waals surface area contributed by atoms with Crippen molar-refractivity contribution in [2.45, 2.75) is 0 Å². The number of phenols is 4. The summed E-state index contributed by atoms with van der Waals surface area (Å²) in [5.74, 6) is -2.39. The number of phenolic OH excluding ortho intramolecular Hbond substituents is 4. The van der Waals surface area contributed by atoms with Crippen molar-refractivity contribution in [3.05, 3.63) is 63.4 Å². The number of rotatable bonds is 8. The molecule has 0 atom stereocenters. The Balaban J connectivity index is 0.000000229. The predicted octanol–water partition coefficient (Wildman–Crippen LogP) is 3.89. The smallest absolute Gasteiger partial charge is 0.371 e. The number of carbonyl (C=O) groups is 3. The molecule has 0 unspecified atom stereocenters. The van der Waals surface area contributed by atoms with Gasteiger partial charge in [0.15, 0.2) is 41.3 Å². The van der Waals surface area contributed by atoms with Gasteiger partial charge in [0.25, 0.3) is 0 Å². The molecule has 1 heterocycles. The quantitative estimate of drug-likeness (QED) is 0.0829. The van der Waals surface area contributed by atoms with Gasteiger partial charge in [-0.3, -0.25) is 19.7 Å². The summed E-state index contributed by atoms with van der Waals surface area (Å²) in [6.07, 6.45) is 1.19. The minimum Gasteiger partial charge on any atom is -0.507 e. The van der Waals surface area contributed by atoms with E-state index in [-0.39, 0.29) is 28.2 Å². The number of carboxylic acid groups (broad SMARTS) is 1. The van der Waals surface area contributed by atoms with E-state index < -0.39 is 39.4 Å². The monoisotopic (exact) mass is 603 g/mol. The highest BCUT2D eigenvalue weighted by molar-refractivity contribution is 5.97. The molecule has 0 spiro atoms. The lowest BCUT2D eigenvalue weighted by Gasteiger charge is -2.10. The van der Waals surface area contributed by atoms with Gasteiger partial charge >= 0.3 is 11.7 Å². The van der Waals surface area contributed by atoms with Crippen LogP contribution in [0, 0.1) is 10.1 Å². The molecule has 1 aromatic heterocycles. The normalized spacial score (nSPS) is 9.86. The van der Waals surface area contributed by atoms with Crippen molar-refractivity contribution < 1.29 is 68.2 Å². The molecule has 0 saturated heterocycles. The standard InChI is InChI=1S/C10H12O4.C9H5NO7.C8H8O4/c1-12-8-5-10(14-3)9(13-2)4-7(8)6-11;11-4-1-3-2-5(9(13)14)17-8(3)6(7(4)12)10(15)16;1-12-8-2-5(4-9)6(10)3-7(8)11/h4-6H,1-3H3;1-2,11-12H,(H,13,14);2-4,10-11H,1H3. The number of hydrogen-bond donors (Lipinski definition) is 5. The minimum atomic E-state index is -1.41. The molecular formula is C27H25NO15. The van der Waals surface area contributed by atoms with Crippen molar-refractivity contribution in [2.24, 2.45) is 0 Å². The van der Waals surface area contributed by atoms with Crippen LogP contribution in [0.3, 0.4) is 0 Å². The summed E-state index contributed by atoms with van der Waals surface area (Å²) in [4.78, 5) is 41.3. The van der Waals surface area contributed by atoms with Crippen LogP contribution in [-0.2, 0) is 0 Å². The fourth-order valence-corrected chi connectivity index (χ4v) is 3.39. The largest absolute Gasteiger partial charge is 0.507 e. The Morgan fingerprint density at radius 2 is 1.28 bits per heavy atom. The maximum atomic E-state index is 10.7. The number of furan rings is 1. The third-order valence-corrected chi connectivity index (χ3v) is 5.45. The van der Waals surface area contributed by atoms with Gasteiger partial charge in [0, 0.05) is 17.5 Å². The molecule has 3 aromatic carbocycles. The Bertz CT molecular complexity index is 1660. The molecule has 0 radical (unpaired) electrons. The summed E-state index contributed by atoms with van der Waals surface area (Å²) in [7, 11) is 5.89. The lowest BCUT2D eigenvalue weighted by Crippen LogP contribution is -1.96. The maximum Gasteiger partial charge on any atom is 0.371 e. The summed E-state index contributed by atoms with van der Waals surface area (Å²) in [5, 5.41) is 56.1. The molecular weight excluding hydrogens is 578 g/mol. The summed E-state index contributed by atoms with van der Waals surface area (Å²) in [6.45, 7) is 0. The summed E-state index contributed by atoms with van der Waals surface area (Å²) in [5.41, 5.74) is -0.745. The molecule has 0 bridgehead atoms. The Kier molecular flexibility index (Phi) is 11.1.